The van der Waals surface area contributed by atoms with Gasteiger partial charge in [0.25, 0.3) is 0 Å². The summed E-state index contributed by atoms with van der Waals surface area (Å²) < 4.78 is 54.7. The summed E-state index contributed by atoms with van der Waals surface area (Å²) in [5.74, 6) is -1.47. The molecule has 182 valence electrons. The predicted molar refractivity (Wildman–Crippen MR) is 119 cm³/mol. The van der Waals surface area contributed by atoms with E-state index in [0.717, 1.165) is 17.3 Å². The largest absolute Gasteiger partial charge is 0.481 e. The Labute approximate surface area is 194 Å². The molecule has 0 radical (unpaired) electrons. The summed E-state index contributed by atoms with van der Waals surface area (Å²) in [7, 11) is 0. The van der Waals surface area contributed by atoms with Crippen molar-refractivity contribution in [3.8, 4) is 11.3 Å². The van der Waals surface area contributed by atoms with Crippen LogP contribution in [-0.4, -0.2) is 38.8 Å². The van der Waals surface area contributed by atoms with Gasteiger partial charge in [-0.2, -0.15) is 22.8 Å². The highest BCUT2D eigenvalue weighted by Crippen LogP contribution is 2.38. The maximum absolute atomic E-state index is 14.2. The fraction of sp³-hybridized carbons (Fsp3) is 0.458. The second-order valence-corrected chi connectivity index (χ2v) is 9.47. The number of anilines is 1. The molecule has 1 aromatic carbocycles. The van der Waals surface area contributed by atoms with Gasteiger partial charge in [0.15, 0.2) is 5.65 Å². The van der Waals surface area contributed by atoms with Crippen molar-refractivity contribution in [1.29, 1.82) is 0 Å². The summed E-state index contributed by atoms with van der Waals surface area (Å²) in [5, 5.41) is 14.4. The Hall–Kier alpha value is -3.17. The van der Waals surface area contributed by atoms with Gasteiger partial charge in [0.2, 0.25) is 0 Å². The number of alkyl halides is 3. The Morgan fingerprint density at radius 3 is 2.53 bits per heavy atom. The third kappa shape index (κ3) is 4.10. The number of hydrogen-bond donors (Lipinski definition) is 1. The van der Waals surface area contributed by atoms with Crippen LogP contribution < -0.4 is 4.90 Å². The van der Waals surface area contributed by atoms with Gasteiger partial charge >= 0.3 is 12.1 Å². The van der Waals surface area contributed by atoms with Crippen LogP contribution in [0.2, 0.25) is 0 Å². The molecule has 0 saturated carbocycles. The van der Waals surface area contributed by atoms with Gasteiger partial charge in [0.1, 0.15) is 11.6 Å². The van der Waals surface area contributed by atoms with E-state index in [9.17, 15) is 27.5 Å². The molecule has 0 unspecified atom stereocenters. The lowest BCUT2D eigenvalue weighted by Crippen LogP contribution is -2.47. The fourth-order valence-electron chi connectivity index (χ4n) is 4.74. The summed E-state index contributed by atoms with van der Waals surface area (Å²) >= 11 is 0. The molecular formula is C24H26F4N4O2. The third-order valence-electron chi connectivity index (χ3n) is 6.46. The first-order valence-electron chi connectivity index (χ1n) is 11.1. The van der Waals surface area contributed by atoms with Crippen molar-refractivity contribution in [3.63, 3.8) is 0 Å². The van der Waals surface area contributed by atoms with Gasteiger partial charge in [-0.15, -0.1) is 0 Å². The number of carboxylic acids is 1. The van der Waals surface area contributed by atoms with E-state index < -0.39 is 28.9 Å². The first-order valence-corrected chi connectivity index (χ1v) is 11.1. The smallest absolute Gasteiger partial charge is 0.419 e. The predicted octanol–water partition coefficient (Wildman–Crippen LogP) is 5.68. The summed E-state index contributed by atoms with van der Waals surface area (Å²) in [6, 6.07) is 4.31. The quantitative estimate of drug-likeness (QED) is 0.489. The van der Waals surface area contributed by atoms with Crippen molar-refractivity contribution in [2.45, 2.75) is 52.6 Å². The molecule has 3 aromatic rings. The zero-order valence-electron chi connectivity index (χ0n) is 19.4. The molecule has 0 amide bonds. The van der Waals surface area contributed by atoms with Crippen molar-refractivity contribution >= 4 is 17.4 Å². The topological polar surface area (TPSA) is 70.7 Å². The van der Waals surface area contributed by atoms with Crippen LogP contribution in [0.4, 0.5) is 23.4 Å². The normalized spacial score (nSPS) is 19.3. The highest BCUT2D eigenvalue weighted by Gasteiger charge is 2.40. The molecule has 1 saturated heterocycles. The van der Waals surface area contributed by atoms with Crippen LogP contribution in [0.25, 0.3) is 16.9 Å². The molecule has 1 atom stereocenters. The summed E-state index contributed by atoms with van der Waals surface area (Å²) in [6.07, 6.45) is -3.55. The molecule has 1 fully saturated rings. The van der Waals surface area contributed by atoms with Crippen LogP contribution >= 0.6 is 0 Å². The first-order chi connectivity index (χ1) is 15.8. The molecule has 4 rings (SSSR count). The molecule has 1 aliphatic rings. The van der Waals surface area contributed by atoms with E-state index in [-0.39, 0.29) is 23.7 Å². The molecule has 0 aliphatic carbocycles. The van der Waals surface area contributed by atoms with Gasteiger partial charge in [0.05, 0.1) is 16.7 Å². The van der Waals surface area contributed by atoms with Crippen LogP contribution in [0.15, 0.2) is 24.3 Å². The summed E-state index contributed by atoms with van der Waals surface area (Å²) in [6.45, 7) is 8.52. The Morgan fingerprint density at radius 2 is 1.94 bits per heavy atom. The van der Waals surface area contributed by atoms with E-state index in [4.69, 9.17) is 0 Å². The van der Waals surface area contributed by atoms with Crippen molar-refractivity contribution in [3.05, 3.63) is 46.9 Å². The van der Waals surface area contributed by atoms with Crippen molar-refractivity contribution < 1.29 is 27.5 Å². The Kier molecular flexibility index (Phi) is 5.81. The Balaban J connectivity index is 1.88. The van der Waals surface area contributed by atoms with Gasteiger partial charge in [0, 0.05) is 36.0 Å². The average Bonchev–Trinajstić information content (AvgIpc) is 3.15. The number of carboxylic acid groups (broad SMARTS) is 1. The maximum Gasteiger partial charge on any atom is 0.419 e. The third-order valence-corrected chi connectivity index (χ3v) is 6.46. The number of fused-ring (bicyclic) bond motifs is 1. The van der Waals surface area contributed by atoms with Crippen LogP contribution in [0, 0.1) is 18.2 Å². The maximum atomic E-state index is 14.2. The number of nitrogens with zero attached hydrogens (tertiary/aromatic N) is 4. The minimum Gasteiger partial charge on any atom is -0.481 e. The van der Waals surface area contributed by atoms with E-state index in [1.807, 2.05) is 25.7 Å². The van der Waals surface area contributed by atoms with E-state index in [1.165, 1.54) is 6.07 Å². The van der Waals surface area contributed by atoms with Gasteiger partial charge in [-0.1, -0.05) is 19.9 Å². The molecule has 34 heavy (non-hydrogen) atoms. The number of rotatable bonds is 4. The lowest BCUT2D eigenvalue weighted by Gasteiger charge is -2.40. The first kappa shape index (κ1) is 24.0. The van der Waals surface area contributed by atoms with E-state index >= 15 is 0 Å². The molecule has 2 aromatic heterocycles. The minimum atomic E-state index is -4.79. The summed E-state index contributed by atoms with van der Waals surface area (Å²) in [4.78, 5) is 18.6. The van der Waals surface area contributed by atoms with Crippen LogP contribution in [-0.2, 0) is 11.0 Å². The highest BCUT2D eigenvalue weighted by atomic mass is 19.4. The highest BCUT2D eigenvalue weighted by molar-refractivity contribution is 5.76. The molecule has 3 heterocycles. The number of aryl methyl sites for hydroxylation is 1. The zero-order chi connectivity index (χ0) is 25.0. The van der Waals surface area contributed by atoms with E-state index in [0.29, 0.717) is 36.9 Å². The van der Waals surface area contributed by atoms with Gasteiger partial charge < -0.3 is 10.0 Å². The number of aliphatic carboxylic acids is 1. The van der Waals surface area contributed by atoms with Crippen molar-refractivity contribution in [2.75, 3.05) is 18.0 Å². The average molecular weight is 478 g/mol. The van der Waals surface area contributed by atoms with Crippen LogP contribution in [0.1, 0.15) is 56.4 Å². The molecule has 0 spiro atoms. The molecule has 1 N–H and O–H groups in total. The number of benzene rings is 1. The van der Waals surface area contributed by atoms with Crippen molar-refractivity contribution in [2.24, 2.45) is 5.41 Å². The van der Waals surface area contributed by atoms with Crippen LogP contribution in [0.3, 0.4) is 0 Å². The molecule has 1 aliphatic heterocycles. The van der Waals surface area contributed by atoms with E-state index in [2.05, 4.69) is 10.1 Å². The Bertz CT molecular complexity index is 1270. The molecule has 0 bridgehead atoms. The number of halogens is 4. The van der Waals surface area contributed by atoms with E-state index in [1.54, 1.807) is 17.5 Å². The fourth-order valence-corrected chi connectivity index (χ4v) is 4.74. The monoisotopic (exact) mass is 478 g/mol. The van der Waals surface area contributed by atoms with Crippen molar-refractivity contribution in [1.82, 2.24) is 14.6 Å². The lowest BCUT2D eigenvalue weighted by molar-refractivity contribution is -0.148. The standard InChI is InChI=1S/C24H26F4N4O2/c1-13(2)20-14(3)29-19-11-18(15-6-7-16(17(25)10-15)24(26,27)28)30-32(19)21(20)31-9-5-8-23(4,12-31)22(33)34/h6-7,10-11,13H,5,8-9,12H2,1-4H3,(H,33,34)/t23-/m0/s1. The van der Waals surface area contributed by atoms with Gasteiger partial charge in [-0.25, -0.2) is 9.37 Å². The SMILES string of the molecule is Cc1nc2cc(-c3ccc(C(F)(F)F)c(F)c3)nn2c(N2CCC[C@](C)(C(=O)O)C2)c1C(C)C. The number of aromatic nitrogens is 3. The summed E-state index contributed by atoms with van der Waals surface area (Å²) in [5.41, 5.74) is 0.329. The minimum absolute atomic E-state index is 0.0566. The van der Waals surface area contributed by atoms with Gasteiger partial charge in [-0.05, 0) is 44.7 Å². The molecule has 6 nitrogen and oxygen atoms in total. The second-order valence-electron chi connectivity index (χ2n) is 9.47. The zero-order valence-corrected chi connectivity index (χ0v) is 19.4. The number of piperidine rings is 1. The number of hydrogen-bond acceptors (Lipinski definition) is 4. The number of carbonyl (C=O) groups is 1. The molecule has 10 heteroatoms. The second kappa shape index (κ2) is 8.25. The van der Waals surface area contributed by atoms with Gasteiger partial charge in [-0.3, -0.25) is 4.79 Å². The van der Waals surface area contributed by atoms with Crippen LogP contribution in [0.5, 0.6) is 0 Å². The Morgan fingerprint density at radius 1 is 1.24 bits per heavy atom. The molecular weight excluding hydrogens is 452 g/mol. The lowest BCUT2D eigenvalue weighted by atomic mass is 9.81.